The predicted molar refractivity (Wildman–Crippen MR) is 173 cm³/mol. The quantitative estimate of drug-likeness (QED) is 0.161. The minimum atomic E-state index is -1.75. The van der Waals surface area contributed by atoms with Crippen molar-refractivity contribution < 1.29 is 38.8 Å². The molecule has 6 rings (SSSR count). The van der Waals surface area contributed by atoms with Crippen molar-refractivity contribution in [2.45, 2.75) is 51.5 Å². The highest BCUT2D eigenvalue weighted by Gasteiger charge is 2.57. The van der Waals surface area contributed by atoms with Crippen molar-refractivity contribution >= 4 is 48.9 Å². The summed E-state index contributed by atoms with van der Waals surface area (Å²) in [6, 6.07) is 15.8. The van der Waals surface area contributed by atoms with Crippen molar-refractivity contribution in [3.63, 3.8) is 0 Å². The van der Waals surface area contributed by atoms with E-state index in [1.165, 1.54) is 24.3 Å². The number of benzene rings is 2. The Balaban J connectivity index is 1.33. The Morgan fingerprint density at radius 2 is 1.93 bits per heavy atom. The van der Waals surface area contributed by atoms with Gasteiger partial charge in [-0.05, 0) is 103 Å². The minimum absolute atomic E-state index is 0.173. The van der Waals surface area contributed by atoms with Crippen molar-refractivity contribution in [3.8, 4) is 5.75 Å². The number of halogens is 1. The molecule has 1 aliphatic carbocycles. The van der Waals surface area contributed by atoms with E-state index in [9.17, 15) is 34.2 Å². The molecule has 3 heterocycles. The second-order valence-corrected chi connectivity index (χ2v) is 12.2. The van der Waals surface area contributed by atoms with Crippen LogP contribution < -0.4 is 10.4 Å². The molecule has 2 saturated heterocycles. The zero-order chi connectivity index (χ0) is 32.5. The Hall–Kier alpha value is -4.09. The van der Waals surface area contributed by atoms with E-state index in [1.807, 2.05) is 18.2 Å². The number of aromatic nitrogens is 1. The number of hydrogen-bond donors (Lipinski definition) is 4. The molecule has 4 N–H and O–H groups in total. The summed E-state index contributed by atoms with van der Waals surface area (Å²) in [5.74, 6) is -3.54. The fourth-order valence-electron chi connectivity index (χ4n) is 7.31. The number of imide groups is 1. The van der Waals surface area contributed by atoms with Crippen LogP contribution in [0.4, 0.5) is 10.1 Å². The number of amides is 2. The first-order valence-corrected chi connectivity index (χ1v) is 15.7. The fourth-order valence-corrected chi connectivity index (χ4v) is 7.31. The third kappa shape index (κ3) is 6.18. The van der Waals surface area contributed by atoms with Crippen LogP contribution in [-0.4, -0.2) is 57.3 Å². The number of rotatable bonds is 9. The van der Waals surface area contributed by atoms with Crippen molar-refractivity contribution in [3.05, 3.63) is 95.1 Å². The van der Waals surface area contributed by atoms with Crippen LogP contribution in [0.5, 0.6) is 5.75 Å². The number of allylic oxidation sites excluding steroid dienone is 2. The van der Waals surface area contributed by atoms with Crippen molar-refractivity contribution in [1.82, 2.24) is 4.98 Å². The first-order valence-electron chi connectivity index (χ1n) is 15.7. The number of phenolic OH excluding ortho intramolecular Hbond substituents is 1. The van der Waals surface area contributed by atoms with Crippen LogP contribution in [0.2, 0.25) is 6.32 Å². The smallest absolute Gasteiger partial charge is 0.488 e. The second kappa shape index (κ2) is 13.3. The van der Waals surface area contributed by atoms with Crippen LogP contribution in [-0.2, 0) is 14.2 Å². The lowest BCUT2D eigenvalue weighted by Gasteiger charge is -2.43. The number of phenols is 1. The number of pyridine rings is 1. The molecule has 2 amide bonds. The Morgan fingerprint density at radius 3 is 2.65 bits per heavy atom. The fraction of sp³-hybridized carbons (Fsp3) is 0.324. The highest BCUT2D eigenvalue weighted by atomic mass is 19.1. The number of carbonyl (C=O) groups excluding carboxylic acids is 2. The van der Waals surface area contributed by atoms with Crippen molar-refractivity contribution in [2.24, 2.45) is 17.8 Å². The van der Waals surface area contributed by atoms with Gasteiger partial charge in [0.1, 0.15) is 0 Å². The molecular formula is C34H35B2FN2O7. The maximum Gasteiger partial charge on any atom is 0.488 e. The van der Waals surface area contributed by atoms with Gasteiger partial charge in [0.25, 0.3) is 0 Å². The normalized spacial score (nSPS) is 23.1. The molecule has 12 heteroatoms. The van der Waals surface area contributed by atoms with Gasteiger partial charge in [-0.15, -0.1) is 0 Å². The van der Waals surface area contributed by atoms with Crippen LogP contribution in [0.15, 0.2) is 78.0 Å². The van der Waals surface area contributed by atoms with Gasteiger partial charge in [-0.25, -0.2) is 4.39 Å². The highest BCUT2D eigenvalue weighted by molar-refractivity contribution is 6.58. The van der Waals surface area contributed by atoms with Crippen molar-refractivity contribution in [2.75, 3.05) is 4.90 Å². The summed E-state index contributed by atoms with van der Waals surface area (Å²) >= 11 is 0. The average molecular weight is 624 g/mol. The van der Waals surface area contributed by atoms with Crippen LogP contribution in [0.25, 0.3) is 11.6 Å². The van der Waals surface area contributed by atoms with E-state index in [0.717, 1.165) is 28.0 Å². The van der Waals surface area contributed by atoms with Gasteiger partial charge >= 0.3 is 14.2 Å². The molecule has 0 spiro atoms. The highest BCUT2D eigenvalue weighted by Crippen LogP contribution is 2.52. The molecule has 46 heavy (non-hydrogen) atoms. The van der Waals surface area contributed by atoms with E-state index in [0.29, 0.717) is 36.9 Å². The molecular weight excluding hydrogens is 589 g/mol. The molecule has 236 valence electrons. The van der Waals surface area contributed by atoms with E-state index < -0.39 is 49.7 Å². The molecule has 0 unspecified atom stereocenters. The molecule has 1 aromatic heterocycles. The van der Waals surface area contributed by atoms with E-state index in [4.69, 9.17) is 4.65 Å². The Kier molecular flexibility index (Phi) is 9.24. The summed E-state index contributed by atoms with van der Waals surface area (Å²) in [5, 5.41) is 40.0. The topological polar surface area (TPSA) is 140 Å². The lowest BCUT2D eigenvalue weighted by atomic mass is 9.58. The first kappa shape index (κ1) is 31.9. The zero-order valence-corrected chi connectivity index (χ0v) is 25.4. The standard InChI is InChI=1S/C34H35B2FN2O7/c1-2-6-22-17-25-32(34(42)39(33(25)41)24-8-5-7-23(18-24)36(44)45)26-19-35(43)46-30(31(22)26)13-11-21(28-9-3-4-14-38-28)15-20-10-12-29(40)27(37)16-20/h3-5,7-10,12,14-16,18,25-26,30,32,40,43-45H,2,6,11,13,17,19H2,1H3/b21-15-/t25-,26+,30-,32-/m1/s1. The Bertz CT molecular complexity index is 1700. The lowest BCUT2D eigenvalue weighted by molar-refractivity contribution is -0.122. The van der Waals surface area contributed by atoms with E-state index in [-0.39, 0.29) is 29.3 Å². The Morgan fingerprint density at radius 1 is 1.11 bits per heavy atom. The molecule has 4 atom stereocenters. The van der Waals surface area contributed by atoms with Gasteiger partial charge < -0.3 is 24.8 Å². The monoisotopic (exact) mass is 624 g/mol. The molecule has 0 bridgehead atoms. The van der Waals surface area contributed by atoms with Gasteiger partial charge in [-0.2, -0.15) is 0 Å². The van der Waals surface area contributed by atoms with Crippen LogP contribution in [0.3, 0.4) is 0 Å². The summed E-state index contributed by atoms with van der Waals surface area (Å²) in [4.78, 5) is 33.5. The molecule has 3 aromatic rings. The third-order valence-electron chi connectivity index (χ3n) is 9.27. The summed E-state index contributed by atoms with van der Waals surface area (Å²) in [7, 11) is -2.89. The summed E-state index contributed by atoms with van der Waals surface area (Å²) in [6.45, 7) is 2.06. The first-order chi connectivity index (χ1) is 22.2. The number of aromatic hydroxyl groups is 1. The maximum absolute atomic E-state index is 14.2. The summed E-state index contributed by atoms with van der Waals surface area (Å²) in [6.07, 6.45) is 5.98. The van der Waals surface area contributed by atoms with E-state index >= 15 is 0 Å². The molecule has 2 aromatic carbocycles. The zero-order valence-electron chi connectivity index (χ0n) is 25.4. The van der Waals surface area contributed by atoms with Gasteiger partial charge in [0, 0.05) is 6.20 Å². The van der Waals surface area contributed by atoms with E-state index in [1.54, 1.807) is 30.5 Å². The van der Waals surface area contributed by atoms with Crippen LogP contribution >= 0.6 is 0 Å². The number of anilines is 1. The van der Waals surface area contributed by atoms with Gasteiger partial charge in [-0.3, -0.25) is 19.5 Å². The third-order valence-corrected chi connectivity index (χ3v) is 9.27. The Labute approximate surface area is 267 Å². The van der Waals surface area contributed by atoms with Crippen molar-refractivity contribution in [1.29, 1.82) is 0 Å². The van der Waals surface area contributed by atoms with Crippen LogP contribution in [0.1, 0.15) is 50.3 Å². The number of hydrogen-bond acceptors (Lipinski definition) is 8. The molecule has 3 aliphatic rings. The molecule has 0 saturated carbocycles. The SMILES string of the molecule is CCCC1=C2[C@@H](CC/C(=C/c3ccc(O)c(F)c3)c3ccccn3)OB(O)C[C@@H]2[C@@H]2C(=O)N(c3cccc(B(O)O)c3)C(=O)[C@@H]2C1. The maximum atomic E-state index is 14.2. The van der Waals surface area contributed by atoms with Gasteiger partial charge in [0.05, 0.1) is 29.3 Å². The number of carbonyl (C=O) groups is 2. The average Bonchev–Trinajstić information content (AvgIpc) is 3.30. The van der Waals surface area contributed by atoms with Gasteiger partial charge in [0.2, 0.25) is 11.8 Å². The van der Waals surface area contributed by atoms with Crippen LogP contribution in [0, 0.1) is 23.6 Å². The second-order valence-electron chi connectivity index (χ2n) is 12.2. The van der Waals surface area contributed by atoms with Gasteiger partial charge in [-0.1, -0.05) is 43.2 Å². The summed E-state index contributed by atoms with van der Waals surface area (Å²) in [5.41, 5.74) is 4.54. The largest absolute Gasteiger partial charge is 0.505 e. The predicted octanol–water partition coefficient (Wildman–Crippen LogP) is 3.73. The molecule has 0 radical (unpaired) electrons. The van der Waals surface area contributed by atoms with Gasteiger partial charge in [0.15, 0.2) is 11.6 Å². The number of fused-ring (bicyclic) bond motifs is 3. The molecule has 9 nitrogen and oxygen atoms in total. The number of nitrogens with zero attached hydrogens (tertiary/aromatic N) is 2. The van der Waals surface area contributed by atoms with E-state index in [2.05, 4.69) is 11.9 Å². The lowest BCUT2D eigenvalue weighted by Crippen LogP contribution is -2.46. The minimum Gasteiger partial charge on any atom is -0.505 e. The molecule has 2 aliphatic heterocycles. The summed E-state index contributed by atoms with van der Waals surface area (Å²) < 4.78 is 20.3. The molecule has 2 fully saturated rings.